The van der Waals surface area contributed by atoms with E-state index in [0.717, 1.165) is 5.56 Å². The first-order chi connectivity index (χ1) is 10.6. The minimum atomic E-state index is -0.316. The highest BCUT2D eigenvalue weighted by Crippen LogP contribution is 2.28. The van der Waals surface area contributed by atoms with Crippen LogP contribution in [0, 0.1) is 5.82 Å². The molecule has 0 atom stereocenters. The number of halogens is 1. The van der Waals surface area contributed by atoms with Crippen LogP contribution in [-0.2, 0) is 16.0 Å². The molecule has 0 saturated carbocycles. The van der Waals surface area contributed by atoms with Gasteiger partial charge in [0.15, 0.2) is 0 Å². The quantitative estimate of drug-likeness (QED) is 0.862. The van der Waals surface area contributed by atoms with Crippen molar-refractivity contribution in [1.82, 2.24) is 4.90 Å². The fourth-order valence-electron chi connectivity index (χ4n) is 2.72. The van der Waals surface area contributed by atoms with Crippen molar-refractivity contribution in [2.75, 3.05) is 31.1 Å². The molecule has 120 valence electrons. The van der Waals surface area contributed by atoms with E-state index < -0.39 is 0 Å². The molecule has 1 heterocycles. The molecule has 1 N–H and O–H groups in total. The van der Waals surface area contributed by atoms with Crippen molar-refractivity contribution in [3.8, 4) is 0 Å². The Morgan fingerprint density at radius 1 is 1.41 bits per heavy atom. The van der Waals surface area contributed by atoms with E-state index in [1.165, 1.54) is 12.1 Å². The lowest BCUT2D eigenvalue weighted by atomic mass is 10.0. The number of hydrogen-bond acceptors (Lipinski definition) is 3. The van der Waals surface area contributed by atoms with Crippen molar-refractivity contribution >= 4 is 17.5 Å². The van der Waals surface area contributed by atoms with Crippen LogP contribution in [0.5, 0.6) is 0 Å². The Hall–Kier alpha value is -1.95. The number of nitrogens with zero attached hydrogens (tertiary/aromatic N) is 2. The number of rotatable bonds is 6. The van der Waals surface area contributed by atoms with Gasteiger partial charge in [-0.15, -0.1) is 0 Å². The van der Waals surface area contributed by atoms with Gasteiger partial charge in [0.25, 0.3) is 0 Å². The molecule has 1 aromatic carbocycles. The van der Waals surface area contributed by atoms with E-state index in [1.54, 1.807) is 15.9 Å². The third-order valence-corrected chi connectivity index (χ3v) is 3.90. The highest BCUT2D eigenvalue weighted by Gasteiger charge is 2.25. The van der Waals surface area contributed by atoms with Gasteiger partial charge in [0, 0.05) is 38.2 Å². The van der Waals surface area contributed by atoms with Crippen molar-refractivity contribution < 1.29 is 19.1 Å². The molecule has 1 aromatic rings. The summed E-state index contributed by atoms with van der Waals surface area (Å²) in [4.78, 5) is 27.3. The maximum atomic E-state index is 13.3. The number of benzene rings is 1. The van der Waals surface area contributed by atoms with Gasteiger partial charge in [-0.2, -0.15) is 0 Å². The Balaban J connectivity index is 2.06. The molecule has 0 saturated heterocycles. The highest BCUT2D eigenvalue weighted by atomic mass is 19.1. The van der Waals surface area contributed by atoms with Gasteiger partial charge in [-0.25, -0.2) is 4.39 Å². The van der Waals surface area contributed by atoms with Crippen LogP contribution in [0.15, 0.2) is 18.2 Å². The number of aliphatic hydroxyl groups excluding tert-OH is 1. The summed E-state index contributed by atoms with van der Waals surface area (Å²) in [5, 5.41) is 8.94. The van der Waals surface area contributed by atoms with E-state index in [-0.39, 0.29) is 37.2 Å². The van der Waals surface area contributed by atoms with Crippen LogP contribution >= 0.6 is 0 Å². The standard InChI is InChI=1S/C16H21FN2O3/c1-2-18(9-10-20)15(21)7-8-19-14-5-4-13(17)11-12(14)3-6-16(19)22/h4-5,11,20H,2-3,6-10H2,1H3. The van der Waals surface area contributed by atoms with E-state index in [1.807, 2.05) is 6.92 Å². The number of carbonyl (C=O) groups is 2. The first-order valence-corrected chi connectivity index (χ1v) is 7.54. The molecule has 0 aliphatic carbocycles. The van der Waals surface area contributed by atoms with Crippen molar-refractivity contribution in [3.05, 3.63) is 29.6 Å². The van der Waals surface area contributed by atoms with E-state index in [2.05, 4.69) is 0 Å². The number of anilines is 1. The molecule has 1 aliphatic rings. The molecule has 0 fully saturated rings. The van der Waals surface area contributed by atoms with Crippen LogP contribution in [0.4, 0.5) is 10.1 Å². The summed E-state index contributed by atoms with van der Waals surface area (Å²) >= 11 is 0. The van der Waals surface area contributed by atoms with Gasteiger partial charge < -0.3 is 14.9 Å². The Morgan fingerprint density at radius 2 is 2.18 bits per heavy atom. The molecule has 0 bridgehead atoms. The smallest absolute Gasteiger partial charge is 0.227 e. The second-order valence-corrected chi connectivity index (χ2v) is 5.27. The maximum Gasteiger partial charge on any atom is 0.227 e. The molecule has 0 aromatic heterocycles. The summed E-state index contributed by atoms with van der Waals surface area (Å²) in [5.74, 6) is -0.458. The summed E-state index contributed by atoms with van der Waals surface area (Å²) in [6.07, 6.45) is 1.05. The molecule has 2 rings (SSSR count). The number of likely N-dealkylation sites (N-methyl/N-ethyl adjacent to an activating group) is 1. The zero-order valence-corrected chi connectivity index (χ0v) is 12.7. The fraction of sp³-hybridized carbons (Fsp3) is 0.500. The van der Waals surface area contributed by atoms with Crippen LogP contribution in [0.3, 0.4) is 0 Å². The highest BCUT2D eigenvalue weighted by molar-refractivity contribution is 5.97. The Kier molecular flexibility index (Phi) is 5.49. The third kappa shape index (κ3) is 3.62. The van der Waals surface area contributed by atoms with Gasteiger partial charge in [-0.05, 0) is 37.1 Å². The molecular weight excluding hydrogens is 287 g/mol. The Morgan fingerprint density at radius 3 is 2.86 bits per heavy atom. The minimum Gasteiger partial charge on any atom is -0.395 e. The van der Waals surface area contributed by atoms with Gasteiger partial charge in [-0.1, -0.05) is 0 Å². The molecule has 0 unspecified atom stereocenters. The topological polar surface area (TPSA) is 60.9 Å². The SMILES string of the molecule is CCN(CCO)C(=O)CCN1C(=O)CCc2cc(F)ccc21. The maximum absolute atomic E-state index is 13.3. The lowest BCUT2D eigenvalue weighted by Crippen LogP contribution is -2.40. The molecule has 22 heavy (non-hydrogen) atoms. The number of aliphatic hydroxyl groups is 1. The fourth-order valence-corrected chi connectivity index (χ4v) is 2.72. The normalized spacial score (nSPS) is 14.0. The summed E-state index contributed by atoms with van der Waals surface area (Å²) in [7, 11) is 0. The second-order valence-electron chi connectivity index (χ2n) is 5.27. The first-order valence-electron chi connectivity index (χ1n) is 7.54. The number of aryl methyl sites for hydroxylation is 1. The lowest BCUT2D eigenvalue weighted by molar-refractivity contribution is -0.131. The average molecular weight is 308 g/mol. The monoisotopic (exact) mass is 308 g/mol. The van der Waals surface area contributed by atoms with Crippen molar-refractivity contribution in [2.24, 2.45) is 0 Å². The van der Waals surface area contributed by atoms with Gasteiger partial charge in [0.05, 0.1) is 6.61 Å². The van der Waals surface area contributed by atoms with Gasteiger partial charge in [0.2, 0.25) is 11.8 Å². The molecular formula is C16H21FN2O3. The zero-order chi connectivity index (χ0) is 16.1. The first kappa shape index (κ1) is 16.4. The van der Waals surface area contributed by atoms with E-state index >= 15 is 0 Å². The zero-order valence-electron chi connectivity index (χ0n) is 12.7. The van der Waals surface area contributed by atoms with E-state index in [0.29, 0.717) is 31.6 Å². The number of carbonyl (C=O) groups excluding carboxylic acids is 2. The van der Waals surface area contributed by atoms with E-state index in [9.17, 15) is 14.0 Å². The third-order valence-electron chi connectivity index (χ3n) is 3.90. The van der Waals surface area contributed by atoms with E-state index in [4.69, 9.17) is 5.11 Å². The van der Waals surface area contributed by atoms with Gasteiger partial charge >= 0.3 is 0 Å². The van der Waals surface area contributed by atoms with Gasteiger partial charge in [-0.3, -0.25) is 9.59 Å². The van der Waals surface area contributed by atoms with Crippen molar-refractivity contribution in [1.29, 1.82) is 0 Å². The summed E-state index contributed by atoms with van der Waals surface area (Å²) in [6, 6.07) is 4.37. The molecule has 2 amide bonds. The molecule has 0 radical (unpaired) electrons. The number of fused-ring (bicyclic) bond motifs is 1. The molecule has 0 spiro atoms. The van der Waals surface area contributed by atoms with Gasteiger partial charge in [0.1, 0.15) is 5.82 Å². The van der Waals surface area contributed by atoms with Crippen LogP contribution in [0.2, 0.25) is 0 Å². The van der Waals surface area contributed by atoms with Crippen LogP contribution in [0.1, 0.15) is 25.3 Å². The number of hydrogen-bond donors (Lipinski definition) is 1. The minimum absolute atomic E-state index is 0.0443. The Bertz CT molecular complexity index is 562. The predicted octanol–water partition coefficient (Wildman–Crippen LogP) is 1.34. The summed E-state index contributed by atoms with van der Waals surface area (Å²) in [5.41, 5.74) is 1.49. The lowest BCUT2D eigenvalue weighted by Gasteiger charge is -2.30. The summed E-state index contributed by atoms with van der Waals surface area (Å²) in [6.45, 7) is 2.86. The average Bonchev–Trinajstić information content (AvgIpc) is 2.51. The largest absolute Gasteiger partial charge is 0.395 e. The Labute approximate surface area is 129 Å². The van der Waals surface area contributed by atoms with Crippen LogP contribution in [-0.4, -0.2) is 48.1 Å². The van der Waals surface area contributed by atoms with Crippen molar-refractivity contribution in [3.63, 3.8) is 0 Å². The second kappa shape index (κ2) is 7.35. The molecule has 6 heteroatoms. The van der Waals surface area contributed by atoms with Crippen molar-refractivity contribution in [2.45, 2.75) is 26.2 Å². The predicted molar refractivity (Wildman–Crippen MR) is 81.0 cm³/mol. The molecule has 1 aliphatic heterocycles. The summed E-state index contributed by atoms with van der Waals surface area (Å²) < 4.78 is 13.3. The number of amides is 2. The van der Waals surface area contributed by atoms with Crippen LogP contribution < -0.4 is 4.90 Å². The molecule has 5 nitrogen and oxygen atoms in total. The van der Waals surface area contributed by atoms with Crippen LogP contribution in [0.25, 0.3) is 0 Å².